The lowest BCUT2D eigenvalue weighted by Crippen LogP contribution is -2.19. The molecule has 0 unspecified atom stereocenters. The number of anilines is 1. The normalized spacial score (nSPS) is 16.0. The van der Waals surface area contributed by atoms with Gasteiger partial charge in [0.2, 0.25) is 0 Å². The van der Waals surface area contributed by atoms with Crippen LogP contribution in [0.5, 0.6) is 0 Å². The largest absolute Gasteiger partial charge is 0.465 e. The van der Waals surface area contributed by atoms with Gasteiger partial charge < -0.3 is 10.1 Å². The molecule has 0 aromatic heterocycles. The van der Waals surface area contributed by atoms with Crippen molar-refractivity contribution in [3.05, 3.63) is 33.9 Å². The molecule has 21 heavy (non-hydrogen) atoms. The third-order valence-electron chi connectivity index (χ3n) is 3.83. The van der Waals surface area contributed by atoms with Crippen LogP contribution in [0, 0.1) is 10.1 Å². The van der Waals surface area contributed by atoms with Crippen LogP contribution in [0.25, 0.3) is 0 Å². The van der Waals surface area contributed by atoms with Gasteiger partial charge in [-0.05, 0) is 25.0 Å². The van der Waals surface area contributed by atoms with Crippen LogP contribution in [0.15, 0.2) is 18.2 Å². The predicted molar refractivity (Wildman–Crippen MR) is 79.5 cm³/mol. The van der Waals surface area contributed by atoms with E-state index < -0.39 is 10.9 Å². The van der Waals surface area contributed by atoms with Gasteiger partial charge in [-0.25, -0.2) is 4.79 Å². The summed E-state index contributed by atoms with van der Waals surface area (Å²) in [6.45, 7) is 0. The third kappa shape index (κ3) is 3.93. The van der Waals surface area contributed by atoms with E-state index in [1.54, 1.807) is 0 Å². The van der Waals surface area contributed by atoms with E-state index in [-0.39, 0.29) is 11.7 Å². The topological polar surface area (TPSA) is 81.5 Å². The summed E-state index contributed by atoms with van der Waals surface area (Å²) in [6.07, 6.45) is 6.68. The Morgan fingerprint density at radius 3 is 2.52 bits per heavy atom. The Morgan fingerprint density at radius 2 is 1.95 bits per heavy atom. The predicted octanol–water partition coefficient (Wildman–Crippen LogP) is 3.52. The molecule has 0 amide bonds. The summed E-state index contributed by atoms with van der Waals surface area (Å²) in [5.74, 6) is -0.492. The molecule has 6 heteroatoms. The summed E-state index contributed by atoms with van der Waals surface area (Å²) < 4.78 is 4.67. The van der Waals surface area contributed by atoms with Gasteiger partial charge in [0.05, 0.1) is 17.6 Å². The Kier molecular flexibility index (Phi) is 5.14. The number of carbonyl (C=O) groups excluding carboxylic acids is 1. The second-order valence-electron chi connectivity index (χ2n) is 5.31. The van der Waals surface area contributed by atoms with Crippen LogP contribution >= 0.6 is 0 Å². The number of hydrogen-bond acceptors (Lipinski definition) is 5. The standard InChI is InChI=1S/C15H20N2O4/c1-21-15(18)11-8-9-14(17(19)20)13(10-11)16-12-6-4-2-3-5-7-12/h8-10,12,16H,2-7H2,1H3. The summed E-state index contributed by atoms with van der Waals surface area (Å²) in [4.78, 5) is 22.3. The van der Waals surface area contributed by atoms with E-state index in [1.165, 1.54) is 38.2 Å². The zero-order valence-corrected chi connectivity index (χ0v) is 12.1. The number of benzene rings is 1. The van der Waals surface area contributed by atoms with Crippen molar-refractivity contribution < 1.29 is 14.5 Å². The molecule has 1 saturated carbocycles. The second kappa shape index (κ2) is 7.06. The number of hydrogen-bond donors (Lipinski definition) is 1. The first-order chi connectivity index (χ1) is 10.1. The summed E-state index contributed by atoms with van der Waals surface area (Å²) in [6, 6.07) is 4.50. The van der Waals surface area contributed by atoms with Crippen LogP contribution in [-0.2, 0) is 4.74 Å². The van der Waals surface area contributed by atoms with Gasteiger partial charge in [-0.15, -0.1) is 0 Å². The lowest BCUT2D eigenvalue weighted by atomic mass is 10.1. The molecule has 0 aliphatic heterocycles. The molecule has 0 atom stereocenters. The van der Waals surface area contributed by atoms with Crippen LogP contribution in [0.1, 0.15) is 48.9 Å². The highest BCUT2D eigenvalue weighted by atomic mass is 16.6. The van der Waals surface area contributed by atoms with E-state index in [0.717, 1.165) is 25.7 Å². The number of carbonyl (C=O) groups is 1. The van der Waals surface area contributed by atoms with Crippen molar-refractivity contribution >= 4 is 17.3 Å². The first-order valence-corrected chi connectivity index (χ1v) is 7.25. The zero-order chi connectivity index (χ0) is 15.2. The number of ether oxygens (including phenoxy) is 1. The number of nitrogens with zero attached hydrogens (tertiary/aromatic N) is 1. The van der Waals surface area contributed by atoms with Crippen molar-refractivity contribution in [1.82, 2.24) is 0 Å². The molecular weight excluding hydrogens is 272 g/mol. The number of nitro groups is 1. The average molecular weight is 292 g/mol. The Balaban J connectivity index is 2.25. The highest BCUT2D eigenvalue weighted by molar-refractivity contribution is 5.91. The molecular formula is C15H20N2O4. The molecule has 1 aromatic rings. The van der Waals surface area contributed by atoms with Crippen molar-refractivity contribution in [1.29, 1.82) is 0 Å². The number of esters is 1. The van der Waals surface area contributed by atoms with E-state index in [0.29, 0.717) is 11.3 Å². The van der Waals surface area contributed by atoms with Crippen molar-refractivity contribution in [2.75, 3.05) is 12.4 Å². The molecule has 0 heterocycles. The van der Waals surface area contributed by atoms with Crippen LogP contribution in [0.4, 0.5) is 11.4 Å². The van der Waals surface area contributed by atoms with Crippen molar-refractivity contribution in [3.63, 3.8) is 0 Å². The Morgan fingerprint density at radius 1 is 1.29 bits per heavy atom. The molecule has 6 nitrogen and oxygen atoms in total. The summed E-state index contributed by atoms with van der Waals surface area (Å²) in [5.41, 5.74) is 0.709. The lowest BCUT2D eigenvalue weighted by Gasteiger charge is -2.18. The van der Waals surface area contributed by atoms with E-state index >= 15 is 0 Å². The molecule has 1 aliphatic rings. The van der Waals surface area contributed by atoms with E-state index in [2.05, 4.69) is 10.1 Å². The van der Waals surface area contributed by atoms with Gasteiger partial charge in [0.1, 0.15) is 5.69 Å². The molecule has 2 rings (SSSR count). The molecule has 1 aliphatic carbocycles. The molecule has 0 spiro atoms. The van der Waals surface area contributed by atoms with Crippen LogP contribution < -0.4 is 5.32 Å². The first-order valence-electron chi connectivity index (χ1n) is 7.25. The van der Waals surface area contributed by atoms with E-state index in [1.807, 2.05) is 0 Å². The minimum absolute atomic E-state index is 0.00750. The molecule has 1 fully saturated rings. The van der Waals surface area contributed by atoms with Crippen LogP contribution in [-0.4, -0.2) is 24.0 Å². The quantitative estimate of drug-likeness (QED) is 0.397. The average Bonchev–Trinajstić information content (AvgIpc) is 2.74. The second-order valence-corrected chi connectivity index (χ2v) is 5.31. The molecule has 0 radical (unpaired) electrons. The highest BCUT2D eigenvalue weighted by Crippen LogP contribution is 2.29. The minimum Gasteiger partial charge on any atom is -0.465 e. The lowest BCUT2D eigenvalue weighted by molar-refractivity contribution is -0.384. The molecule has 1 aromatic carbocycles. The van der Waals surface area contributed by atoms with Crippen LogP contribution in [0.2, 0.25) is 0 Å². The van der Waals surface area contributed by atoms with Crippen molar-refractivity contribution in [2.45, 2.75) is 44.6 Å². The smallest absolute Gasteiger partial charge is 0.337 e. The van der Waals surface area contributed by atoms with Crippen molar-refractivity contribution in [2.24, 2.45) is 0 Å². The Labute approximate surface area is 123 Å². The van der Waals surface area contributed by atoms with Gasteiger partial charge in [-0.3, -0.25) is 10.1 Å². The fourth-order valence-corrected chi connectivity index (χ4v) is 2.70. The van der Waals surface area contributed by atoms with Crippen LogP contribution in [0.3, 0.4) is 0 Å². The molecule has 0 saturated heterocycles. The number of nitro benzene ring substituents is 1. The van der Waals surface area contributed by atoms with Gasteiger partial charge in [0.25, 0.3) is 5.69 Å². The maximum atomic E-state index is 11.6. The first kappa shape index (κ1) is 15.3. The number of rotatable bonds is 4. The van der Waals surface area contributed by atoms with E-state index in [4.69, 9.17) is 0 Å². The van der Waals surface area contributed by atoms with Gasteiger partial charge in [-0.2, -0.15) is 0 Å². The minimum atomic E-state index is -0.492. The zero-order valence-electron chi connectivity index (χ0n) is 12.1. The molecule has 1 N–H and O–H groups in total. The summed E-state index contributed by atoms with van der Waals surface area (Å²) in [7, 11) is 1.29. The van der Waals surface area contributed by atoms with Crippen molar-refractivity contribution in [3.8, 4) is 0 Å². The number of nitrogens with one attached hydrogen (secondary N) is 1. The fourth-order valence-electron chi connectivity index (χ4n) is 2.70. The van der Waals surface area contributed by atoms with Gasteiger partial charge in [0, 0.05) is 12.1 Å². The molecule has 0 bridgehead atoms. The van der Waals surface area contributed by atoms with Gasteiger partial charge in [-0.1, -0.05) is 25.7 Å². The summed E-state index contributed by atoms with van der Waals surface area (Å²) >= 11 is 0. The Hall–Kier alpha value is -2.11. The Bertz CT molecular complexity index is 522. The van der Waals surface area contributed by atoms with E-state index in [9.17, 15) is 14.9 Å². The SMILES string of the molecule is COC(=O)c1ccc([N+](=O)[O-])c(NC2CCCCCC2)c1. The maximum Gasteiger partial charge on any atom is 0.337 e. The van der Waals surface area contributed by atoms with Gasteiger partial charge >= 0.3 is 5.97 Å². The maximum absolute atomic E-state index is 11.6. The van der Waals surface area contributed by atoms with Gasteiger partial charge in [0.15, 0.2) is 0 Å². The number of methoxy groups -OCH3 is 1. The fraction of sp³-hybridized carbons (Fsp3) is 0.533. The highest BCUT2D eigenvalue weighted by Gasteiger charge is 2.20. The third-order valence-corrected chi connectivity index (χ3v) is 3.83. The summed E-state index contributed by atoms with van der Waals surface area (Å²) in [5, 5.41) is 14.4. The monoisotopic (exact) mass is 292 g/mol. The molecule has 114 valence electrons.